The van der Waals surface area contributed by atoms with E-state index in [1.54, 1.807) is 13.2 Å². The Hall–Kier alpha value is -3.32. The number of aryl methyl sites for hydroxylation is 1. The Morgan fingerprint density at radius 3 is 2.34 bits per heavy atom. The second-order valence-electron chi connectivity index (χ2n) is 9.16. The van der Waals surface area contributed by atoms with E-state index in [4.69, 9.17) is 14.2 Å². The fourth-order valence-electron chi connectivity index (χ4n) is 3.17. The van der Waals surface area contributed by atoms with E-state index >= 15 is 0 Å². The van der Waals surface area contributed by atoms with Crippen LogP contribution in [0.5, 0.6) is 17.2 Å². The van der Waals surface area contributed by atoms with E-state index in [0.717, 1.165) is 15.6 Å². The number of carbonyl (C=O) groups excluding carboxylic acids is 1. The van der Waals surface area contributed by atoms with Gasteiger partial charge in [-0.2, -0.15) is 5.10 Å². The Labute approximate surface area is 215 Å². The molecule has 0 aromatic heterocycles. The third-order valence-electron chi connectivity index (χ3n) is 5.26. The normalized spacial score (nSPS) is 11.4. The van der Waals surface area contributed by atoms with Crippen molar-refractivity contribution in [2.24, 2.45) is 5.10 Å². The zero-order valence-corrected chi connectivity index (χ0v) is 22.3. The largest absolute Gasteiger partial charge is 0.493 e. The number of ether oxygens (including phenoxy) is 3. The number of benzene rings is 3. The zero-order valence-electron chi connectivity index (χ0n) is 20.7. The average Bonchev–Trinajstić information content (AvgIpc) is 2.82. The first-order valence-electron chi connectivity index (χ1n) is 11.3. The van der Waals surface area contributed by atoms with Crippen LogP contribution >= 0.6 is 15.9 Å². The number of nitrogens with zero attached hydrogens (tertiary/aromatic N) is 1. The summed E-state index contributed by atoms with van der Waals surface area (Å²) in [6.45, 7) is 8.76. The Morgan fingerprint density at radius 1 is 0.971 bits per heavy atom. The van der Waals surface area contributed by atoms with Gasteiger partial charge in [0.25, 0.3) is 5.91 Å². The van der Waals surface area contributed by atoms with Crippen LogP contribution in [-0.4, -0.2) is 25.8 Å². The van der Waals surface area contributed by atoms with Crippen LogP contribution in [0, 0.1) is 6.92 Å². The highest BCUT2D eigenvalue weighted by molar-refractivity contribution is 9.10. The summed E-state index contributed by atoms with van der Waals surface area (Å²) in [4.78, 5) is 12.2. The maximum absolute atomic E-state index is 12.2. The van der Waals surface area contributed by atoms with Gasteiger partial charge in [-0.15, -0.1) is 0 Å². The maximum atomic E-state index is 12.2. The molecule has 7 heteroatoms. The molecular weight excluding hydrogens is 508 g/mol. The molecule has 0 unspecified atom stereocenters. The molecule has 6 nitrogen and oxygen atoms in total. The number of amides is 1. The number of hydrogen-bond donors (Lipinski definition) is 1. The van der Waals surface area contributed by atoms with Crippen molar-refractivity contribution in [2.45, 2.75) is 39.7 Å². The van der Waals surface area contributed by atoms with Crippen LogP contribution in [-0.2, 0) is 16.8 Å². The lowest BCUT2D eigenvalue weighted by molar-refractivity contribution is -0.123. The molecule has 3 aromatic rings. The van der Waals surface area contributed by atoms with Gasteiger partial charge in [-0.05, 0) is 75.3 Å². The number of methoxy groups -OCH3 is 1. The smallest absolute Gasteiger partial charge is 0.277 e. The van der Waals surface area contributed by atoms with Crippen LogP contribution in [0.15, 0.2) is 70.2 Å². The first-order valence-corrected chi connectivity index (χ1v) is 12.1. The van der Waals surface area contributed by atoms with Crippen LogP contribution in [0.3, 0.4) is 0 Å². The van der Waals surface area contributed by atoms with Gasteiger partial charge in [0.2, 0.25) is 0 Å². The summed E-state index contributed by atoms with van der Waals surface area (Å²) in [5.41, 5.74) is 6.72. The van der Waals surface area contributed by atoms with Crippen LogP contribution in [0.4, 0.5) is 0 Å². The Morgan fingerprint density at radius 2 is 1.69 bits per heavy atom. The molecule has 0 fully saturated rings. The van der Waals surface area contributed by atoms with E-state index in [2.05, 4.69) is 59.4 Å². The van der Waals surface area contributed by atoms with E-state index in [9.17, 15) is 4.79 Å². The third kappa shape index (κ3) is 7.86. The number of halogens is 1. The third-order valence-corrected chi connectivity index (χ3v) is 5.88. The van der Waals surface area contributed by atoms with E-state index in [-0.39, 0.29) is 17.9 Å². The van der Waals surface area contributed by atoms with Gasteiger partial charge < -0.3 is 14.2 Å². The molecule has 184 valence electrons. The Balaban J connectivity index is 1.52. The van der Waals surface area contributed by atoms with Gasteiger partial charge in [0.1, 0.15) is 12.4 Å². The molecule has 0 aliphatic carbocycles. The van der Waals surface area contributed by atoms with Crippen LogP contribution in [0.25, 0.3) is 0 Å². The Bertz CT molecular complexity index is 1180. The van der Waals surface area contributed by atoms with Gasteiger partial charge in [0.15, 0.2) is 18.1 Å². The van der Waals surface area contributed by atoms with Crippen LogP contribution < -0.4 is 19.6 Å². The van der Waals surface area contributed by atoms with Crippen molar-refractivity contribution in [3.8, 4) is 17.2 Å². The van der Waals surface area contributed by atoms with Crippen molar-refractivity contribution in [3.63, 3.8) is 0 Å². The molecule has 0 aliphatic heterocycles. The zero-order chi connectivity index (χ0) is 25.4. The van der Waals surface area contributed by atoms with Gasteiger partial charge >= 0.3 is 0 Å². The highest BCUT2D eigenvalue weighted by atomic mass is 79.9. The molecule has 0 spiro atoms. The van der Waals surface area contributed by atoms with Crippen molar-refractivity contribution < 1.29 is 19.0 Å². The topological polar surface area (TPSA) is 69.2 Å². The van der Waals surface area contributed by atoms with Crippen LogP contribution in [0.2, 0.25) is 0 Å². The number of carbonyl (C=O) groups is 1. The van der Waals surface area contributed by atoms with E-state index < -0.39 is 0 Å². The minimum Gasteiger partial charge on any atom is -0.493 e. The lowest BCUT2D eigenvalue weighted by atomic mass is 9.87. The lowest BCUT2D eigenvalue weighted by Crippen LogP contribution is -2.24. The molecule has 0 saturated carbocycles. The second-order valence-corrected chi connectivity index (χ2v) is 10.0. The van der Waals surface area contributed by atoms with Gasteiger partial charge in [-0.3, -0.25) is 4.79 Å². The van der Waals surface area contributed by atoms with E-state index in [1.165, 1.54) is 17.3 Å². The highest BCUT2D eigenvalue weighted by Crippen LogP contribution is 2.31. The van der Waals surface area contributed by atoms with Gasteiger partial charge in [0.05, 0.1) is 17.8 Å². The summed E-state index contributed by atoms with van der Waals surface area (Å²) in [7, 11) is 1.58. The van der Waals surface area contributed by atoms with Gasteiger partial charge in [0, 0.05) is 0 Å². The molecule has 0 aliphatic rings. The van der Waals surface area contributed by atoms with Crippen molar-refractivity contribution >= 4 is 28.1 Å². The molecule has 0 atom stereocenters. The second kappa shape index (κ2) is 11.9. The predicted molar refractivity (Wildman–Crippen MR) is 143 cm³/mol. The summed E-state index contributed by atoms with van der Waals surface area (Å²) in [5.74, 6) is 1.45. The number of rotatable bonds is 9. The van der Waals surface area contributed by atoms with Gasteiger partial charge in [-0.25, -0.2) is 5.43 Å². The lowest BCUT2D eigenvalue weighted by Gasteiger charge is -2.20. The number of hydrazone groups is 1. The first kappa shape index (κ1) is 26.3. The Kier molecular flexibility index (Phi) is 8.93. The van der Waals surface area contributed by atoms with Gasteiger partial charge in [-0.1, -0.05) is 56.7 Å². The molecule has 0 saturated heterocycles. The molecular formula is C28H31BrN2O4. The summed E-state index contributed by atoms with van der Waals surface area (Å²) in [6, 6.07) is 19.5. The van der Waals surface area contributed by atoms with E-state index in [1.807, 2.05) is 49.4 Å². The van der Waals surface area contributed by atoms with Crippen molar-refractivity contribution in [2.75, 3.05) is 13.7 Å². The maximum Gasteiger partial charge on any atom is 0.277 e. The summed E-state index contributed by atoms with van der Waals surface area (Å²) < 4.78 is 17.8. The molecule has 35 heavy (non-hydrogen) atoms. The summed E-state index contributed by atoms with van der Waals surface area (Å²) in [5, 5.41) is 4.02. The number of hydrogen-bond acceptors (Lipinski definition) is 5. The SMILES string of the molecule is COc1cc(/C=N/NC(=O)COc2ccc(C(C)(C)C)cc2Br)ccc1OCc1ccc(C)cc1. The molecule has 3 rings (SSSR count). The fourth-order valence-corrected chi connectivity index (χ4v) is 3.66. The van der Waals surface area contributed by atoms with Crippen molar-refractivity contribution in [1.82, 2.24) is 5.43 Å². The van der Waals surface area contributed by atoms with E-state index in [0.29, 0.717) is 23.9 Å². The molecule has 1 amide bonds. The molecule has 0 heterocycles. The predicted octanol–water partition coefficient (Wildman–Crippen LogP) is 6.17. The first-order chi connectivity index (χ1) is 16.7. The fraction of sp³-hybridized carbons (Fsp3) is 0.286. The van der Waals surface area contributed by atoms with Crippen LogP contribution in [0.1, 0.15) is 43.0 Å². The quantitative estimate of drug-likeness (QED) is 0.261. The molecule has 0 bridgehead atoms. The summed E-state index contributed by atoms with van der Waals surface area (Å²) in [6.07, 6.45) is 1.54. The molecule has 3 aromatic carbocycles. The average molecular weight is 539 g/mol. The molecule has 1 N–H and O–H groups in total. The highest BCUT2D eigenvalue weighted by Gasteiger charge is 2.15. The standard InChI is InChI=1S/C28H31BrN2O4/c1-19-6-8-20(9-7-19)17-34-25-12-10-21(14-26(25)33-5)16-30-31-27(32)18-35-24-13-11-22(15-23(24)29)28(2,3)4/h6-16H,17-18H2,1-5H3,(H,31,32)/b30-16+. The summed E-state index contributed by atoms with van der Waals surface area (Å²) >= 11 is 3.51. The minimum atomic E-state index is -0.363. The van der Waals surface area contributed by atoms with Crippen molar-refractivity contribution in [1.29, 1.82) is 0 Å². The minimum absolute atomic E-state index is 0.0290. The monoisotopic (exact) mass is 538 g/mol. The van der Waals surface area contributed by atoms with Crippen molar-refractivity contribution in [3.05, 3.63) is 87.4 Å². The molecule has 0 radical (unpaired) electrons. The number of nitrogens with one attached hydrogen (secondary N) is 1.